The molecule has 0 unspecified atom stereocenters. The molecule has 1 heterocycles. The van der Waals surface area contributed by atoms with E-state index in [9.17, 15) is 9.59 Å². The highest BCUT2D eigenvalue weighted by atomic mass is 16.5. The van der Waals surface area contributed by atoms with Crippen molar-refractivity contribution in [2.45, 2.75) is 37.7 Å². The van der Waals surface area contributed by atoms with Gasteiger partial charge in [-0.3, -0.25) is 4.79 Å². The van der Waals surface area contributed by atoms with Crippen molar-refractivity contribution in [3.05, 3.63) is 23.8 Å². The summed E-state index contributed by atoms with van der Waals surface area (Å²) in [6.45, 7) is 0.663. The lowest BCUT2D eigenvalue weighted by Gasteiger charge is -2.20. The van der Waals surface area contributed by atoms with Gasteiger partial charge in [-0.2, -0.15) is 0 Å². The molecule has 1 aromatic rings. The maximum absolute atomic E-state index is 12.3. The highest BCUT2D eigenvalue weighted by molar-refractivity contribution is 5.77. The van der Waals surface area contributed by atoms with E-state index in [1.807, 2.05) is 18.2 Å². The van der Waals surface area contributed by atoms with Crippen molar-refractivity contribution in [2.24, 2.45) is 5.92 Å². The zero-order valence-corrected chi connectivity index (χ0v) is 16.1. The normalized spacial score (nSPS) is 22.6. The summed E-state index contributed by atoms with van der Waals surface area (Å²) in [5, 5.41) is 0. The first kappa shape index (κ1) is 19.3. The molecular formula is C20H27NO6. The second-order valence-corrected chi connectivity index (χ2v) is 7.05. The lowest BCUT2D eigenvalue weighted by Crippen LogP contribution is -2.29. The van der Waals surface area contributed by atoms with Crippen molar-refractivity contribution < 1.29 is 28.5 Å². The van der Waals surface area contributed by atoms with Gasteiger partial charge in [0.15, 0.2) is 11.5 Å². The van der Waals surface area contributed by atoms with Crippen LogP contribution in [0.2, 0.25) is 0 Å². The fourth-order valence-electron chi connectivity index (χ4n) is 4.01. The maximum atomic E-state index is 12.3. The van der Waals surface area contributed by atoms with Gasteiger partial charge in [0.05, 0.1) is 33.4 Å². The summed E-state index contributed by atoms with van der Waals surface area (Å²) >= 11 is 0. The number of hydrogen-bond acceptors (Lipinski definition) is 6. The number of methoxy groups -OCH3 is 3. The van der Waals surface area contributed by atoms with Crippen LogP contribution in [0.3, 0.4) is 0 Å². The molecule has 0 aromatic heterocycles. The third kappa shape index (κ3) is 4.12. The monoisotopic (exact) mass is 377 g/mol. The SMILES string of the molecule is COC(=O)[C@H]1CN(C(=O)OC)C[C@@H]1c1ccc(OC)c(OC2CCCC2)c1. The molecule has 1 aromatic carbocycles. The molecule has 2 fully saturated rings. The van der Waals surface area contributed by atoms with Crippen LogP contribution in [0.15, 0.2) is 18.2 Å². The molecule has 7 nitrogen and oxygen atoms in total. The molecule has 0 spiro atoms. The average Bonchev–Trinajstić information content (AvgIpc) is 3.36. The first-order valence-electron chi connectivity index (χ1n) is 9.32. The summed E-state index contributed by atoms with van der Waals surface area (Å²) in [4.78, 5) is 25.8. The van der Waals surface area contributed by atoms with Crippen molar-refractivity contribution in [3.8, 4) is 11.5 Å². The number of esters is 1. The predicted molar refractivity (Wildman–Crippen MR) is 98.1 cm³/mol. The van der Waals surface area contributed by atoms with Gasteiger partial charge in [-0.05, 0) is 43.4 Å². The highest BCUT2D eigenvalue weighted by Crippen LogP contribution is 2.39. The van der Waals surface area contributed by atoms with E-state index in [-0.39, 0.29) is 24.5 Å². The molecule has 1 aliphatic carbocycles. The Kier molecular flexibility index (Phi) is 6.08. The molecule has 1 aliphatic heterocycles. The van der Waals surface area contributed by atoms with Crippen LogP contribution in [0.4, 0.5) is 4.79 Å². The lowest BCUT2D eigenvalue weighted by molar-refractivity contribution is -0.145. The van der Waals surface area contributed by atoms with E-state index in [0.717, 1.165) is 18.4 Å². The largest absolute Gasteiger partial charge is 0.493 e. The minimum absolute atomic E-state index is 0.187. The van der Waals surface area contributed by atoms with Gasteiger partial charge < -0.3 is 23.8 Å². The van der Waals surface area contributed by atoms with Gasteiger partial charge in [0.25, 0.3) is 0 Å². The Morgan fingerprint density at radius 1 is 1.00 bits per heavy atom. The van der Waals surface area contributed by atoms with Crippen molar-refractivity contribution >= 4 is 12.1 Å². The maximum Gasteiger partial charge on any atom is 0.409 e. The van der Waals surface area contributed by atoms with E-state index in [1.165, 1.54) is 32.0 Å². The number of amides is 1. The van der Waals surface area contributed by atoms with E-state index >= 15 is 0 Å². The van der Waals surface area contributed by atoms with Gasteiger partial charge in [-0.15, -0.1) is 0 Å². The number of ether oxygens (including phenoxy) is 4. The minimum Gasteiger partial charge on any atom is -0.493 e. The molecule has 148 valence electrons. The van der Waals surface area contributed by atoms with Gasteiger partial charge in [0, 0.05) is 19.0 Å². The number of hydrogen-bond donors (Lipinski definition) is 0. The Bertz CT molecular complexity index is 685. The number of nitrogens with zero attached hydrogens (tertiary/aromatic N) is 1. The van der Waals surface area contributed by atoms with Crippen LogP contribution in [-0.4, -0.2) is 57.5 Å². The predicted octanol–water partition coefficient (Wildman–Crippen LogP) is 2.97. The molecular weight excluding hydrogens is 350 g/mol. The summed E-state index contributed by atoms with van der Waals surface area (Å²) in [5.41, 5.74) is 0.922. The Morgan fingerprint density at radius 2 is 1.74 bits per heavy atom. The second kappa shape index (κ2) is 8.50. The van der Waals surface area contributed by atoms with E-state index < -0.39 is 12.0 Å². The summed E-state index contributed by atoms with van der Waals surface area (Å²) < 4.78 is 21.4. The topological polar surface area (TPSA) is 74.3 Å². The van der Waals surface area contributed by atoms with E-state index in [0.29, 0.717) is 18.0 Å². The van der Waals surface area contributed by atoms with Gasteiger partial charge in [-0.25, -0.2) is 4.79 Å². The summed E-state index contributed by atoms with van der Waals surface area (Å²) in [7, 11) is 4.31. The Balaban J connectivity index is 1.87. The molecule has 1 saturated carbocycles. The standard InChI is InChI=1S/C20H27NO6/c1-24-17-9-8-13(10-18(17)27-14-6-4-5-7-14)15-11-21(20(23)26-3)12-16(15)19(22)25-2/h8-10,14-16H,4-7,11-12H2,1-3H3/t15-,16+/m1/s1. The Labute approximate surface area is 159 Å². The molecule has 1 amide bonds. The van der Waals surface area contributed by atoms with Crippen molar-refractivity contribution in [1.82, 2.24) is 4.90 Å². The molecule has 7 heteroatoms. The number of rotatable bonds is 5. The molecule has 0 N–H and O–H groups in total. The summed E-state index contributed by atoms with van der Waals surface area (Å²) in [6.07, 6.45) is 4.18. The lowest BCUT2D eigenvalue weighted by atomic mass is 9.89. The number of carbonyl (C=O) groups excluding carboxylic acids is 2. The summed E-state index contributed by atoms with van der Waals surface area (Å²) in [6, 6.07) is 5.70. The summed E-state index contributed by atoms with van der Waals surface area (Å²) in [5.74, 6) is 0.390. The van der Waals surface area contributed by atoms with Crippen LogP contribution >= 0.6 is 0 Å². The van der Waals surface area contributed by atoms with E-state index in [1.54, 1.807) is 7.11 Å². The van der Waals surface area contributed by atoms with Crippen LogP contribution in [0, 0.1) is 5.92 Å². The molecule has 3 rings (SSSR count). The zero-order chi connectivity index (χ0) is 19.4. The first-order chi connectivity index (χ1) is 13.1. The van der Waals surface area contributed by atoms with Crippen LogP contribution in [-0.2, 0) is 14.3 Å². The molecule has 27 heavy (non-hydrogen) atoms. The first-order valence-corrected chi connectivity index (χ1v) is 9.32. The molecule has 1 saturated heterocycles. The van der Waals surface area contributed by atoms with Crippen molar-refractivity contribution in [3.63, 3.8) is 0 Å². The average molecular weight is 377 g/mol. The molecule has 2 aliphatic rings. The van der Waals surface area contributed by atoms with E-state index in [2.05, 4.69) is 0 Å². The number of likely N-dealkylation sites (tertiary alicyclic amines) is 1. The van der Waals surface area contributed by atoms with Gasteiger partial charge >= 0.3 is 12.1 Å². The van der Waals surface area contributed by atoms with E-state index in [4.69, 9.17) is 18.9 Å². The highest BCUT2D eigenvalue weighted by Gasteiger charge is 2.42. The third-order valence-corrected chi connectivity index (χ3v) is 5.47. The molecule has 0 bridgehead atoms. The van der Waals surface area contributed by atoms with Gasteiger partial charge in [-0.1, -0.05) is 6.07 Å². The second-order valence-electron chi connectivity index (χ2n) is 7.05. The fraction of sp³-hybridized carbons (Fsp3) is 0.600. The van der Waals surface area contributed by atoms with Crippen LogP contribution in [0.5, 0.6) is 11.5 Å². The smallest absolute Gasteiger partial charge is 0.409 e. The minimum atomic E-state index is -0.443. The van der Waals surface area contributed by atoms with Crippen LogP contribution in [0.25, 0.3) is 0 Å². The zero-order valence-electron chi connectivity index (χ0n) is 16.1. The van der Waals surface area contributed by atoms with Crippen LogP contribution in [0.1, 0.15) is 37.2 Å². The number of carbonyl (C=O) groups is 2. The molecule has 2 atom stereocenters. The fourth-order valence-corrected chi connectivity index (χ4v) is 4.01. The van der Waals surface area contributed by atoms with Crippen molar-refractivity contribution in [1.29, 1.82) is 0 Å². The van der Waals surface area contributed by atoms with Gasteiger partial charge in [0.1, 0.15) is 0 Å². The Morgan fingerprint density at radius 3 is 2.37 bits per heavy atom. The quantitative estimate of drug-likeness (QED) is 0.735. The van der Waals surface area contributed by atoms with Crippen molar-refractivity contribution in [2.75, 3.05) is 34.4 Å². The van der Waals surface area contributed by atoms with Gasteiger partial charge in [0.2, 0.25) is 0 Å². The molecule has 0 radical (unpaired) electrons. The van der Waals surface area contributed by atoms with Crippen LogP contribution < -0.4 is 9.47 Å². The third-order valence-electron chi connectivity index (χ3n) is 5.47. The number of benzene rings is 1. The Hall–Kier alpha value is -2.44.